The number of nitrogens with zero attached hydrogens (tertiary/aromatic N) is 2. The van der Waals surface area contributed by atoms with Crippen molar-refractivity contribution in [2.75, 3.05) is 4.72 Å². The zero-order chi connectivity index (χ0) is 12.3. The molecule has 0 aliphatic rings. The standard InChI is InChI=1S/C10H8BrN3O2S/c11-8-3-1-2-4-9(8)17(15,16)14-10-7-12-5-6-13-10/h1-7H,(H,13,14). The Hall–Kier alpha value is -1.47. The van der Waals surface area contributed by atoms with Gasteiger partial charge in [-0.1, -0.05) is 12.1 Å². The van der Waals surface area contributed by atoms with Crippen molar-refractivity contribution in [1.82, 2.24) is 9.97 Å². The van der Waals surface area contributed by atoms with Gasteiger partial charge in [-0.05, 0) is 28.1 Å². The van der Waals surface area contributed by atoms with Crippen LogP contribution in [0.2, 0.25) is 0 Å². The molecular weight excluding hydrogens is 306 g/mol. The first-order valence-electron chi connectivity index (χ1n) is 4.63. The number of halogens is 1. The highest BCUT2D eigenvalue weighted by molar-refractivity contribution is 9.10. The summed E-state index contributed by atoms with van der Waals surface area (Å²) in [6, 6.07) is 6.55. The Balaban J connectivity index is 2.36. The quantitative estimate of drug-likeness (QED) is 0.941. The number of aromatic nitrogens is 2. The lowest BCUT2D eigenvalue weighted by Gasteiger charge is -2.07. The predicted octanol–water partition coefficient (Wildman–Crippen LogP) is 2.04. The fourth-order valence-corrected chi connectivity index (χ4v) is 3.20. The molecule has 0 radical (unpaired) electrons. The van der Waals surface area contributed by atoms with Gasteiger partial charge < -0.3 is 0 Å². The van der Waals surface area contributed by atoms with E-state index >= 15 is 0 Å². The summed E-state index contributed by atoms with van der Waals surface area (Å²) in [5.41, 5.74) is 0. The average molecular weight is 314 g/mol. The Kier molecular flexibility index (Phi) is 3.39. The van der Waals surface area contributed by atoms with Crippen LogP contribution in [-0.4, -0.2) is 18.4 Å². The summed E-state index contributed by atoms with van der Waals surface area (Å²) >= 11 is 3.19. The smallest absolute Gasteiger partial charge is 0.262 e. The summed E-state index contributed by atoms with van der Waals surface area (Å²) in [7, 11) is -3.64. The molecule has 17 heavy (non-hydrogen) atoms. The summed E-state index contributed by atoms with van der Waals surface area (Å²) in [4.78, 5) is 7.79. The van der Waals surface area contributed by atoms with Crippen molar-refractivity contribution in [2.45, 2.75) is 4.90 Å². The van der Waals surface area contributed by atoms with Gasteiger partial charge >= 0.3 is 0 Å². The van der Waals surface area contributed by atoms with Crippen LogP contribution in [0.3, 0.4) is 0 Å². The molecule has 1 aromatic carbocycles. The summed E-state index contributed by atoms with van der Waals surface area (Å²) < 4.78 is 26.9. The third kappa shape index (κ3) is 2.80. The highest BCUT2D eigenvalue weighted by Crippen LogP contribution is 2.22. The molecular formula is C10H8BrN3O2S. The first kappa shape index (κ1) is 12.0. The molecule has 0 saturated heterocycles. The number of hydrogen-bond donors (Lipinski definition) is 1. The van der Waals surface area contributed by atoms with Crippen molar-refractivity contribution in [2.24, 2.45) is 0 Å². The lowest BCUT2D eigenvalue weighted by molar-refractivity contribution is 0.600. The minimum absolute atomic E-state index is 0.158. The van der Waals surface area contributed by atoms with Gasteiger partial charge in [0, 0.05) is 16.9 Å². The van der Waals surface area contributed by atoms with Crippen molar-refractivity contribution in [3.05, 3.63) is 47.3 Å². The van der Waals surface area contributed by atoms with Crippen molar-refractivity contribution in [3.63, 3.8) is 0 Å². The predicted molar refractivity (Wildman–Crippen MR) is 67.0 cm³/mol. The fourth-order valence-electron chi connectivity index (χ4n) is 1.21. The largest absolute Gasteiger partial charge is 0.264 e. The highest BCUT2D eigenvalue weighted by Gasteiger charge is 2.17. The summed E-state index contributed by atoms with van der Waals surface area (Å²) in [5, 5.41) is 0. The maximum Gasteiger partial charge on any atom is 0.264 e. The molecule has 0 amide bonds. The lowest BCUT2D eigenvalue weighted by Crippen LogP contribution is -2.14. The van der Waals surface area contributed by atoms with Crippen LogP contribution in [0.25, 0.3) is 0 Å². The molecule has 5 nitrogen and oxygen atoms in total. The lowest BCUT2D eigenvalue weighted by atomic mass is 10.4. The maximum atomic E-state index is 12.0. The van der Waals surface area contributed by atoms with Crippen LogP contribution < -0.4 is 4.72 Å². The van der Waals surface area contributed by atoms with Crippen molar-refractivity contribution >= 4 is 31.8 Å². The molecule has 7 heteroatoms. The van der Waals surface area contributed by atoms with E-state index < -0.39 is 10.0 Å². The normalized spacial score (nSPS) is 11.1. The van der Waals surface area contributed by atoms with E-state index in [4.69, 9.17) is 0 Å². The zero-order valence-electron chi connectivity index (χ0n) is 8.54. The van der Waals surface area contributed by atoms with Gasteiger partial charge in [-0.25, -0.2) is 13.4 Å². The van der Waals surface area contributed by atoms with Gasteiger partial charge in [0.25, 0.3) is 10.0 Å². The molecule has 0 unspecified atom stereocenters. The molecule has 0 fully saturated rings. The molecule has 2 rings (SSSR count). The van der Waals surface area contributed by atoms with E-state index in [-0.39, 0.29) is 10.7 Å². The van der Waals surface area contributed by atoms with E-state index in [0.717, 1.165) is 0 Å². The van der Waals surface area contributed by atoms with Gasteiger partial charge in [-0.2, -0.15) is 0 Å². The molecule has 1 aromatic heterocycles. The van der Waals surface area contributed by atoms with E-state index in [9.17, 15) is 8.42 Å². The minimum Gasteiger partial charge on any atom is -0.262 e. The van der Waals surface area contributed by atoms with Gasteiger partial charge in [0.05, 0.1) is 6.20 Å². The first-order chi connectivity index (χ1) is 8.09. The summed E-state index contributed by atoms with van der Waals surface area (Å²) in [6.07, 6.45) is 4.22. The second-order valence-corrected chi connectivity index (χ2v) is 5.63. The van der Waals surface area contributed by atoms with Crippen LogP contribution in [0.15, 0.2) is 52.2 Å². The number of nitrogens with one attached hydrogen (secondary N) is 1. The van der Waals surface area contributed by atoms with Gasteiger partial charge in [0.2, 0.25) is 0 Å². The molecule has 2 aromatic rings. The summed E-state index contributed by atoms with van der Waals surface area (Å²) in [6.45, 7) is 0. The second-order valence-electron chi connectivity index (χ2n) is 3.13. The maximum absolute atomic E-state index is 12.0. The van der Waals surface area contributed by atoms with Crippen LogP contribution in [0, 0.1) is 0 Å². The van der Waals surface area contributed by atoms with Gasteiger partial charge in [0.1, 0.15) is 4.90 Å². The van der Waals surface area contributed by atoms with Crippen LogP contribution in [0.4, 0.5) is 5.82 Å². The average Bonchev–Trinajstić information content (AvgIpc) is 2.30. The molecule has 0 spiro atoms. The molecule has 0 bridgehead atoms. The molecule has 88 valence electrons. The Morgan fingerprint density at radius 1 is 1.18 bits per heavy atom. The Morgan fingerprint density at radius 2 is 1.94 bits per heavy atom. The van der Waals surface area contributed by atoms with Crippen molar-refractivity contribution in [1.29, 1.82) is 0 Å². The van der Waals surface area contributed by atoms with E-state index in [2.05, 4.69) is 30.6 Å². The number of benzene rings is 1. The molecule has 0 atom stereocenters. The topological polar surface area (TPSA) is 72.0 Å². The van der Waals surface area contributed by atoms with Gasteiger partial charge in [0.15, 0.2) is 5.82 Å². The molecule has 1 heterocycles. The number of anilines is 1. The summed E-state index contributed by atoms with van der Waals surface area (Å²) in [5.74, 6) is 0.184. The van der Waals surface area contributed by atoms with E-state index in [1.807, 2.05) is 0 Å². The molecule has 0 saturated carbocycles. The zero-order valence-corrected chi connectivity index (χ0v) is 10.9. The van der Waals surface area contributed by atoms with E-state index in [1.54, 1.807) is 18.2 Å². The Labute approximate surface area is 107 Å². The highest BCUT2D eigenvalue weighted by atomic mass is 79.9. The van der Waals surface area contributed by atoms with Gasteiger partial charge in [-0.15, -0.1) is 0 Å². The SMILES string of the molecule is O=S(=O)(Nc1cnccn1)c1ccccc1Br. The molecule has 1 N–H and O–H groups in total. The monoisotopic (exact) mass is 313 g/mol. The van der Waals surface area contributed by atoms with Crippen molar-refractivity contribution in [3.8, 4) is 0 Å². The molecule has 0 aliphatic carbocycles. The number of sulfonamides is 1. The van der Waals surface area contributed by atoms with Crippen LogP contribution >= 0.6 is 15.9 Å². The Morgan fingerprint density at radius 3 is 2.59 bits per heavy atom. The van der Waals surface area contributed by atoms with Gasteiger partial charge in [-0.3, -0.25) is 9.71 Å². The second kappa shape index (κ2) is 4.80. The van der Waals surface area contributed by atoms with Crippen LogP contribution in [-0.2, 0) is 10.0 Å². The van der Waals surface area contributed by atoms with Crippen LogP contribution in [0.1, 0.15) is 0 Å². The van der Waals surface area contributed by atoms with E-state index in [1.165, 1.54) is 24.7 Å². The third-order valence-corrected chi connectivity index (χ3v) is 4.30. The fraction of sp³-hybridized carbons (Fsp3) is 0. The number of rotatable bonds is 3. The third-order valence-electron chi connectivity index (χ3n) is 1.93. The van der Waals surface area contributed by atoms with Crippen LogP contribution in [0.5, 0.6) is 0 Å². The Bertz CT molecular complexity index is 616. The van der Waals surface area contributed by atoms with E-state index in [0.29, 0.717) is 4.47 Å². The molecule has 0 aliphatic heterocycles. The number of hydrogen-bond acceptors (Lipinski definition) is 4. The van der Waals surface area contributed by atoms with Crippen molar-refractivity contribution < 1.29 is 8.42 Å². The minimum atomic E-state index is -3.64. The first-order valence-corrected chi connectivity index (χ1v) is 6.90.